The average molecular weight is 250 g/mol. The Bertz CT molecular complexity index is 381. The molecular weight excluding hydrogens is 228 g/mol. The van der Waals surface area contributed by atoms with E-state index in [2.05, 4.69) is 17.6 Å². The predicted molar refractivity (Wildman–Crippen MR) is 70.1 cm³/mol. The van der Waals surface area contributed by atoms with Crippen molar-refractivity contribution in [2.45, 2.75) is 51.1 Å². The smallest absolute Gasteiger partial charge is 0.240 e. The van der Waals surface area contributed by atoms with Crippen LogP contribution in [0.1, 0.15) is 51.3 Å². The third-order valence-electron chi connectivity index (χ3n) is 3.67. The van der Waals surface area contributed by atoms with E-state index >= 15 is 0 Å². The molecule has 0 aliphatic carbocycles. The van der Waals surface area contributed by atoms with Gasteiger partial charge in [-0.25, -0.2) is 0 Å². The Balaban J connectivity index is 2.01. The van der Waals surface area contributed by atoms with E-state index in [1.165, 1.54) is 0 Å². The Labute approximate surface area is 108 Å². The molecule has 1 unspecified atom stereocenters. The Hall–Kier alpha value is -1.29. The molecule has 1 aromatic rings. The van der Waals surface area contributed by atoms with Gasteiger partial charge in [0.25, 0.3) is 0 Å². The van der Waals surface area contributed by atoms with Gasteiger partial charge in [-0.3, -0.25) is 4.79 Å². The number of furan rings is 1. The molecule has 2 rings (SSSR count). The van der Waals surface area contributed by atoms with Crippen molar-refractivity contribution >= 4 is 5.91 Å². The van der Waals surface area contributed by atoms with Crippen LogP contribution in [-0.2, 0) is 4.79 Å². The van der Waals surface area contributed by atoms with Gasteiger partial charge in [0.05, 0.1) is 17.8 Å². The summed E-state index contributed by atoms with van der Waals surface area (Å²) in [5, 5.41) is 6.43. The summed E-state index contributed by atoms with van der Waals surface area (Å²) in [5.41, 5.74) is -0.365. The molecule has 100 valence electrons. The van der Waals surface area contributed by atoms with Gasteiger partial charge >= 0.3 is 0 Å². The molecule has 1 aliphatic heterocycles. The summed E-state index contributed by atoms with van der Waals surface area (Å²) < 4.78 is 5.32. The van der Waals surface area contributed by atoms with E-state index in [0.717, 1.165) is 38.0 Å². The molecule has 4 heteroatoms. The van der Waals surface area contributed by atoms with Gasteiger partial charge in [-0.15, -0.1) is 0 Å². The molecule has 1 fully saturated rings. The minimum atomic E-state index is -0.365. The SMILES string of the molecule is CCCC1(C(=O)N[C@@H](C)c2ccco2)CCCN1. The lowest BCUT2D eigenvalue weighted by molar-refractivity contribution is -0.128. The van der Waals surface area contributed by atoms with Crippen molar-refractivity contribution in [1.29, 1.82) is 0 Å². The average Bonchev–Trinajstić information content (AvgIpc) is 3.00. The van der Waals surface area contributed by atoms with Crippen LogP contribution < -0.4 is 10.6 Å². The monoisotopic (exact) mass is 250 g/mol. The van der Waals surface area contributed by atoms with E-state index in [1.807, 2.05) is 19.1 Å². The van der Waals surface area contributed by atoms with Crippen LogP contribution in [0.4, 0.5) is 0 Å². The zero-order valence-electron chi connectivity index (χ0n) is 11.2. The molecule has 1 aliphatic rings. The van der Waals surface area contributed by atoms with Gasteiger partial charge in [0.2, 0.25) is 5.91 Å². The van der Waals surface area contributed by atoms with Crippen molar-refractivity contribution in [3.63, 3.8) is 0 Å². The van der Waals surface area contributed by atoms with E-state index in [4.69, 9.17) is 4.42 Å². The molecule has 1 amide bonds. The first-order chi connectivity index (χ1) is 8.68. The highest BCUT2D eigenvalue weighted by Crippen LogP contribution is 2.26. The number of rotatable bonds is 5. The zero-order chi connectivity index (χ0) is 13.0. The van der Waals surface area contributed by atoms with Gasteiger partial charge < -0.3 is 15.1 Å². The lowest BCUT2D eigenvalue weighted by Gasteiger charge is -2.29. The van der Waals surface area contributed by atoms with Crippen molar-refractivity contribution in [2.24, 2.45) is 0 Å². The molecule has 0 spiro atoms. The molecule has 0 aromatic carbocycles. The number of carbonyl (C=O) groups excluding carboxylic acids is 1. The zero-order valence-corrected chi connectivity index (χ0v) is 11.2. The minimum absolute atomic E-state index is 0.0800. The van der Waals surface area contributed by atoms with Crippen LogP contribution in [0.2, 0.25) is 0 Å². The van der Waals surface area contributed by atoms with E-state index in [-0.39, 0.29) is 17.5 Å². The summed E-state index contributed by atoms with van der Waals surface area (Å²) in [4.78, 5) is 12.4. The second kappa shape index (κ2) is 5.57. The van der Waals surface area contributed by atoms with Crippen LogP contribution in [0, 0.1) is 0 Å². The summed E-state index contributed by atoms with van der Waals surface area (Å²) in [6.07, 6.45) is 5.53. The maximum absolute atomic E-state index is 12.4. The Morgan fingerprint density at radius 1 is 1.67 bits per heavy atom. The Morgan fingerprint density at radius 2 is 2.50 bits per heavy atom. The number of nitrogens with one attached hydrogen (secondary N) is 2. The summed E-state index contributed by atoms with van der Waals surface area (Å²) in [5.74, 6) is 0.902. The minimum Gasteiger partial charge on any atom is -0.467 e. The second-order valence-electron chi connectivity index (χ2n) is 5.07. The first-order valence-corrected chi connectivity index (χ1v) is 6.77. The number of carbonyl (C=O) groups is 1. The summed E-state index contributed by atoms with van der Waals surface area (Å²) in [6, 6.07) is 3.65. The topological polar surface area (TPSA) is 54.3 Å². The van der Waals surface area contributed by atoms with E-state index < -0.39 is 0 Å². The highest BCUT2D eigenvalue weighted by atomic mass is 16.3. The Morgan fingerprint density at radius 3 is 3.06 bits per heavy atom. The number of amides is 1. The molecular formula is C14H22N2O2. The van der Waals surface area contributed by atoms with Gasteiger partial charge in [0.15, 0.2) is 0 Å². The maximum Gasteiger partial charge on any atom is 0.240 e. The molecule has 18 heavy (non-hydrogen) atoms. The van der Waals surface area contributed by atoms with E-state index in [0.29, 0.717) is 0 Å². The van der Waals surface area contributed by atoms with E-state index in [9.17, 15) is 4.79 Å². The third-order valence-corrected chi connectivity index (χ3v) is 3.67. The first kappa shape index (κ1) is 13.1. The normalized spacial score (nSPS) is 25.0. The van der Waals surface area contributed by atoms with Crippen molar-refractivity contribution < 1.29 is 9.21 Å². The van der Waals surface area contributed by atoms with Gasteiger partial charge in [-0.05, 0) is 44.9 Å². The van der Waals surface area contributed by atoms with Crippen molar-refractivity contribution in [3.05, 3.63) is 24.2 Å². The fraction of sp³-hybridized carbons (Fsp3) is 0.643. The van der Waals surface area contributed by atoms with Crippen LogP contribution in [0.15, 0.2) is 22.8 Å². The molecule has 2 atom stereocenters. The fourth-order valence-electron chi connectivity index (χ4n) is 2.70. The molecule has 1 aromatic heterocycles. The van der Waals surface area contributed by atoms with Crippen molar-refractivity contribution in [1.82, 2.24) is 10.6 Å². The highest BCUT2D eigenvalue weighted by Gasteiger charge is 2.40. The third kappa shape index (κ3) is 2.58. The summed E-state index contributed by atoms with van der Waals surface area (Å²) in [7, 11) is 0. The quantitative estimate of drug-likeness (QED) is 0.843. The molecule has 1 saturated heterocycles. The molecule has 2 N–H and O–H groups in total. The van der Waals surface area contributed by atoms with Crippen molar-refractivity contribution in [3.8, 4) is 0 Å². The van der Waals surface area contributed by atoms with Crippen LogP contribution >= 0.6 is 0 Å². The van der Waals surface area contributed by atoms with Crippen LogP contribution in [-0.4, -0.2) is 18.0 Å². The summed E-state index contributed by atoms with van der Waals surface area (Å²) >= 11 is 0. The second-order valence-corrected chi connectivity index (χ2v) is 5.07. The van der Waals surface area contributed by atoms with Gasteiger partial charge in [0.1, 0.15) is 5.76 Å². The molecule has 4 nitrogen and oxygen atoms in total. The number of hydrogen-bond donors (Lipinski definition) is 2. The van der Waals surface area contributed by atoms with Gasteiger partial charge in [0, 0.05) is 0 Å². The maximum atomic E-state index is 12.4. The Kier molecular flexibility index (Phi) is 4.07. The van der Waals surface area contributed by atoms with Crippen LogP contribution in [0.25, 0.3) is 0 Å². The fourth-order valence-corrected chi connectivity index (χ4v) is 2.70. The molecule has 2 heterocycles. The molecule has 0 bridgehead atoms. The predicted octanol–water partition coefficient (Wildman–Crippen LogP) is 2.38. The standard InChI is InChI=1S/C14H22N2O2/c1-3-7-14(8-5-9-15-14)13(17)16-11(2)12-6-4-10-18-12/h4,6,10-11,15H,3,5,7-9H2,1-2H3,(H,16,17)/t11-,14?/m0/s1. The lowest BCUT2D eigenvalue weighted by atomic mass is 9.90. The van der Waals surface area contributed by atoms with Crippen LogP contribution in [0.3, 0.4) is 0 Å². The van der Waals surface area contributed by atoms with Crippen molar-refractivity contribution in [2.75, 3.05) is 6.54 Å². The largest absolute Gasteiger partial charge is 0.467 e. The van der Waals surface area contributed by atoms with Gasteiger partial charge in [-0.2, -0.15) is 0 Å². The first-order valence-electron chi connectivity index (χ1n) is 6.77. The molecule has 0 radical (unpaired) electrons. The summed E-state index contributed by atoms with van der Waals surface area (Å²) in [6.45, 7) is 5.00. The van der Waals surface area contributed by atoms with Crippen LogP contribution in [0.5, 0.6) is 0 Å². The van der Waals surface area contributed by atoms with E-state index in [1.54, 1.807) is 6.26 Å². The molecule has 0 saturated carbocycles. The lowest BCUT2D eigenvalue weighted by Crippen LogP contribution is -2.53. The number of hydrogen-bond acceptors (Lipinski definition) is 3. The highest BCUT2D eigenvalue weighted by molar-refractivity contribution is 5.87. The van der Waals surface area contributed by atoms with Gasteiger partial charge in [-0.1, -0.05) is 13.3 Å².